The first-order chi connectivity index (χ1) is 16.4. The van der Waals surface area contributed by atoms with Crippen LogP contribution in [0.15, 0.2) is 47.4 Å². The largest absolute Gasteiger partial charge is 0.353 e. The summed E-state index contributed by atoms with van der Waals surface area (Å²) in [7, 11) is -1.58. The molecule has 180 valence electrons. The summed E-state index contributed by atoms with van der Waals surface area (Å²) < 4.78 is 29.6. The number of amides is 1. The highest BCUT2D eigenvalue weighted by atomic mass is 32.2. The van der Waals surface area contributed by atoms with Gasteiger partial charge in [0.15, 0.2) is 0 Å². The van der Waals surface area contributed by atoms with Gasteiger partial charge < -0.3 is 9.88 Å². The number of nitrogens with one attached hydrogen (secondary N) is 1. The van der Waals surface area contributed by atoms with Crippen LogP contribution in [0.3, 0.4) is 0 Å². The molecule has 7 nitrogen and oxygen atoms in total. The molecule has 8 heteroatoms. The fraction of sp³-hybridized carbons (Fsp3) is 0.462. The molecule has 1 aliphatic carbocycles. The summed E-state index contributed by atoms with van der Waals surface area (Å²) in [4.78, 5) is 17.6. The quantitative estimate of drug-likeness (QED) is 0.586. The Morgan fingerprint density at radius 2 is 1.85 bits per heavy atom. The molecule has 0 radical (unpaired) electrons. The van der Waals surface area contributed by atoms with Gasteiger partial charge >= 0.3 is 0 Å². The Bertz CT molecular complexity index is 1310. The molecule has 2 heterocycles. The molecule has 34 heavy (non-hydrogen) atoms. The third-order valence-corrected chi connectivity index (χ3v) is 9.08. The topological polar surface area (TPSA) is 84.3 Å². The molecular formula is C26H32N4O3S. The van der Waals surface area contributed by atoms with Crippen molar-refractivity contribution in [2.45, 2.75) is 62.3 Å². The van der Waals surface area contributed by atoms with E-state index < -0.39 is 10.0 Å². The van der Waals surface area contributed by atoms with Gasteiger partial charge in [-0.3, -0.25) is 4.79 Å². The molecule has 1 amide bonds. The average molecular weight is 481 g/mol. The Morgan fingerprint density at radius 3 is 2.65 bits per heavy atom. The number of carbonyl (C=O) groups is 1. The van der Waals surface area contributed by atoms with Crippen LogP contribution in [-0.2, 0) is 41.1 Å². The highest BCUT2D eigenvalue weighted by Gasteiger charge is 2.27. The van der Waals surface area contributed by atoms with Crippen molar-refractivity contribution in [3.63, 3.8) is 0 Å². The molecule has 1 aromatic heterocycles. The number of sulfonamides is 1. The predicted molar refractivity (Wildman–Crippen MR) is 132 cm³/mol. The van der Waals surface area contributed by atoms with Crippen LogP contribution in [0, 0.1) is 0 Å². The number of carbonyl (C=O) groups excluding carboxylic acids is 1. The molecule has 1 saturated heterocycles. The Balaban J connectivity index is 1.24. The minimum Gasteiger partial charge on any atom is -0.353 e. The molecule has 0 spiro atoms. The van der Waals surface area contributed by atoms with E-state index in [4.69, 9.17) is 0 Å². The number of piperidine rings is 1. The molecule has 1 unspecified atom stereocenters. The van der Waals surface area contributed by atoms with Gasteiger partial charge in [0.1, 0.15) is 5.82 Å². The van der Waals surface area contributed by atoms with Crippen molar-refractivity contribution in [2.24, 2.45) is 7.05 Å². The molecule has 0 bridgehead atoms. The lowest BCUT2D eigenvalue weighted by Crippen LogP contribution is -2.39. The summed E-state index contributed by atoms with van der Waals surface area (Å²) in [5.74, 6) is 0.816. The zero-order chi connectivity index (χ0) is 23.7. The van der Waals surface area contributed by atoms with Crippen molar-refractivity contribution in [2.75, 3.05) is 13.1 Å². The summed E-state index contributed by atoms with van der Waals surface area (Å²) in [6.45, 7) is 1.16. The molecule has 5 rings (SSSR count). The minimum atomic E-state index is -3.50. The Hall–Kier alpha value is -2.71. The maximum Gasteiger partial charge on any atom is 0.243 e. The van der Waals surface area contributed by atoms with E-state index in [0.717, 1.165) is 49.9 Å². The summed E-state index contributed by atoms with van der Waals surface area (Å²) in [6, 6.07) is 13.8. The van der Waals surface area contributed by atoms with Crippen molar-refractivity contribution in [1.29, 1.82) is 0 Å². The van der Waals surface area contributed by atoms with Gasteiger partial charge in [-0.25, -0.2) is 13.4 Å². The lowest BCUT2D eigenvalue weighted by atomic mass is 9.88. The average Bonchev–Trinajstić information content (AvgIpc) is 3.18. The van der Waals surface area contributed by atoms with Crippen molar-refractivity contribution < 1.29 is 13.2 Å². The fourth-order valence-corrected chi connectivity index (χ4v) is 6.75. The second kappa shape index (κ2) is 9.50. The summed E-state index contributed by atoms with van der Waals surface area (Å²) in [5, 5.41) is 3.19. The van der Waals surface area contributed by atoms with Gasteiger partial charge in [-0.2, -0.15) is 4.31 Å². The summed E-state index contributed by atoms with van der Waals surface area (Å²) >= 11 is 0. The molecule has 1 N–H and O–H groups in total. The summed E-state index contributed by atoms with van der Waals surface area (Å²) in [5.41, 5.74) is 4.23. The van der Waals surface area contributed by atoms with Crippen LogP contribution in [0.4, 0.5) is 0 Å². The monoisotopic (exact) mass is 480 g/mol. The standard InChI is InChI=1S/C26H32N4O3S/c1-29-24-12-11-22(34(32,33)30-15-5-2-6-16-30)18-23(24)28-25(29)13-14-26(31)27-21-10-9-19-7-3-4-8-20(19)17-21/h3-4,7-8,11-12,18,21H,2,5-6,9-10,13-17H2,1H3,(H,27,31). The first kappa shape index (κ1) is 23.1. The van der Waals surface area contributed by atoms with Gasteiger partial charge in [-0.05, 0) is 61.4 Å². The molecule has 2 aliphatic rings. The predicted octanol–water partition coefficient (Wildman–Crippen LogP) is 3.35. The van der Waals surface area contributed by atoms with Gasteiger partial charge in [0, 0.05) is 39.0 Å². The van der Waals surface area contributed by atoms with Crippen LogP contribution in [0.1, 0.15) is 49.1 Å². The Morgan fingerprint density at radius 1 is 1.09 bits per heavy atom. The van der Waals surface area contributed by atoms with Crippen molar-refractivity contribution >= 4 is 27.0 Å². The first-order valence-corrected chi connectivity index (χ1v) is 13.7. The maximum absolute atomic E-state index is 13.0. The van der Waals surface area contributed by atoms with Crippen LogP contribution in [-0.4, -0.2) is 47.3 Å². The smallest absolute Gasteiger partial charge is 0.243 e. The van der Waals surface area contributed by atoms with E-state index in [2.05, 4.69) is 34.6 Å². The maximum atomic E-state index is 13.0. The number of aryl methyl sites for hydroxylation is 3. The van der Waals surface area contributed by atoms with Crippen LogP contribution in [0.5, 0.6) is 0 Å². The molecule has 1 fully saturated rings. The van der Waals surface area contributed by atoms with E-state index >= 15 is 0 Å². The van der Waals surface area contributed by atoms with Crippen LogP contribution < -0.4 is 5.32 Å². The second-order valence-electron chi connectivity index (χ2n) is 9.48. The molecule has 2 aromatic carbocycles. The molecule has 1 atom stereocenters. The number of benzene rings is 2. The number of aromatic nitrogens is 2. The van der Waals surface area contributed by atoms with Crippen molar-refractivity contribution in [3.05, 3.63) is 59.4 Å². The zero-order valence-corrected chi connectivity index (χ0v) is 20.5. The number of rotatable bonds is 6. The number of imidazole rings is 1. The van der Waals surface area contributed by atoms with Crippen molar-refractivity contribution in [3.8, 4) is 0 Å². The minimum absolute atomic E-state index is 0.0322. The summed E-state index contributed by atoms with van der Waals surface area (Å²) in [6.07, 6.45) is 6.59. The van der Waals surface area contributed by atoms with Crippen LogP contribution in [0.2, 0.25) is 0 Å². The van der Waals surface area contributed by atoms with E-state index in [9.17, 15) is 13.2 Å². The van der Waals surface area contributed by atoms with Gasteiger partial charge in [0.25, 0.3) is 0 Å². The van der Waals surface area contributed by atoms with Gasteiger partial charge in [-0.15, -0.1) is 0 Å². The molecule has 0 saturated carbocycles. The lowest BCUT2D eigenvalue weighted by Gasteiger charge is -2.25. The second-order valence-corrected chi connectivity index (χ2v) is 11.4. The van der Waals surface area contributed by atoms with Gasteiger partial charge in [0.05, 0.1) is 15.9 Å². The third-order valence-electron chi connectivity index (χ3n) is 7.19. The van der Waals surface area contributed by atoms with Crippen LogP contribution >= 0.6 is 0 Å². The van der Waals surface area contributed by atoms with E-state index in [1.165, 1.54) is 11.1 Å². The molecule has 3 aromatic rings. The zero-order valence-electron chi connectivity index (χ0n) is 19.7. The Kier molecular flexibility index (Phi) is 6.44. The van der Waals surface area contributed by atoms with Crippen molar-refractivity contribution in [1.82, 2.24) is 19.2 Å². The SMILES string of the molecule is Cn1c(CCC(=O)NC2CCc3ccccc3C2)nc2cc(S(=O)(=O)N3CCCCC3)ccc21. The van der Waals surface area contributed by atoms with E-state index in [-0.39, 0.29) is 11.9 Å². The number of nitrogens with zero attached hydrogens (tertiary/aromatic N) is 3. The van der Waals surface area contributed by atoms with E-state index in [1.54, 1.807) is 16.4 Å². The van der Waals surface area contributed by atoms with E-state index in [1.807, 2.05) is 17.7 Å². The molecular weight excluding hydrogens is 448 g/mol. The fourth-order valence-electron chi connectivity index (χ4n) is 5.21. The van der Waals surface area contributed by atoms with E-state index in [0.29, 0.717) is 36.3 Å². The number of fused-ring (bicyclic) bond motifs is 2. The normalized spacial score (nSPS) is 19.1. The third kappa shape index (κ3) is 4.61. The van der Waals surface area contributed by atoms with Crippen LogP contribution in [0.25, 0.3) is 11.0 Å². The Labute approximate surface area is 201 Å². The lowest BCUT2D eigenvalue weighted by molar-refractivity contribution is -0.121. The number of hydrogen-bond donors (Lipinski definition) is 1. The van der Waals surface area contributed by atoms with Gasteiger partial charge in [0.2, 0.25) is 15.9 Å². The number of hydrogen-bond acceptors (Lipinski definition) is 4. The first-order valence-electron chi connectivity index (χ1n) is 12.2. The molecule has 1 aliphatic heterocycles. The highest BCUT2D eigenvalue weighted by molar-refractivity contribution is 7.89. The highest BCUT2D eigenvalue weighted by Crippen LogP contribution is 2.25. The van der Waals surface area contributed by atoms with Gasteiger partial charge in [-0.1, -0.05) is 30.7 Å².